The second kappa shape index (κ2) is 8.63. The number of amides is 1. The molecule has 0 aliphatic rings. The standard InChI is InChI=1S/C21H27F3N2O/c1-4-6-8-17-19(15-9-11-16(12-10-15)21(22,23)24)18(20(25)27)14(3)26(17)13-7-5-2/h9-12H,4-8,13H2,1-3H3,(H2,25,27). The highest BCUT2D eigenvalue weighted by molar-refractivity contribution is 6.02. The quantitative estimate of drug-likeness (QED) is 0.625. The van der Waals surface area contributed by atoms with E-state index >= 15 is 0 Å². The number of primary amides is 1. The summed E-state index contributed by atoms with van der Waals surface area (Å²) in [6, 6.07) is 4.98. The molecular weight excluding hydrogens is 353 g/mol. The molecule has 0 spiro atoms. The Bertz CT molecular complexity index is 789. The molecule has 0 fully saturated rings. The summed E-state index contributed by atoms with van der Waals surface area (Å²) in [4.78, 5) is 12.2. The van der Waals surface area contributed by atoms with Gasteiger partial charge < -0.3 is 10.3 Å². The third-order valence-electron chi connectivity index (χ3n) is 4.88. The van der Waals surface area contributed by atoms with E-state index in [-0.39, 0.29) is 0 Å². The predicted molar refractivity (Wildman–Crippen MR) is 102 cm³/mol. The average Bonchev–Trinajstić information content (AvgIpc) is 2.89. The second-order valence-electron chi connectivity index (χ2n) is 6.83. The Balaban J connectivity index is 2.66. The van der Waals surface area contributed by atoms with Crippen LogP contribution >= 0.6 is 0 Å². The summed E-state index contributed by atoms with van der Waals surface area (Å²) < 4.78 is 40.8. The molecule has 0 aliphatic heterocycles. The number of benzene rings is 1. The van der Waals surface area contributed by atoms with E-state index in [9.17, 15) is 18.0 Å². The van der Waals surface area contributed by atoms with Gasteiger partial charge in [-0.15, -0.1) is 0 Å². The lowest BCUT2D eigenvalue weighted by Gasteiger charge is -2.13. The first-order chi connectivity index (χ1) is 12.7. The van der Waals surface area contributed by atoms with Gasteiger partial charge in [0.25, 0.3) is 5.91 Å². The van der Waals surface area contributed by atoms with Crippen LogP contribution in [0, 0.1) is 6.92 Å². The van der Waals surface area contributed by atoms with Gasteiger partial charge in [-0.05, 0) is 43.9 Å². The Morgan fingerprint density at radius 3 is 2.15 bits per heavy atom. The maximum absolute atomic E-state index is 12.9. The van der Waals surface area contributed by atoms with Crippen molar-refractivity contribution in [2.24, 2.45) is 5.73 Å². The van der Waals surface area contributed by atoms with Crippen LogP contribution in [0.2, 0.25) is 0 Å². The molecule has 0 saturated heterocycles. The van der Waals surface area contributed by atoms with Crippen LogP contribution in [-0.2, 0) is 19.1 Å². The van der Waals surface area contributed by atoms with Gasteiger partial charge in [-0.25, -0.2) is 0 Å². The minimum atomic E-state index is -4.39. The van der Waals surface area contributed by atoms with Crippen molar-refractivity contribution in [1.29, 1.82) is 0 Å². The van der Waals surface area contributed by atoms with Gasteiger partial charge in [0.05, 0.1) is 11.1 Å². The van der Waals surface area contributed by atoms with Gasteiger partial charge in [-0.3, -0.25) is 4.79 Å². The van der Waals surface area contributed by atoms with Crippen molar-refractivity contribution >= 4 is 5.91 Å². The lowest BCUT2D eigenvalue weighted by molar-refractivity contribution is -0.137. The molecule has 27 heavy (non-hydrogen) atoms. The molecule has 1 heterocycles. The van der Waals surface area contributed by atoms with Crippen LogP contribution in [0.5, 0.6) is 0 Å². The van der Waals surface area contributed by atoms with Crippen molar-refractivity contribution in [2.75, 3.05) is 0 Å². The number of nitrogens with two attached hydrogens (primary N) is 1. The van der Waals surface area contributed by atoms with E-state index in [0.29, 0.717) is 16.7 Å². The van der Waals surface area contributed by atoms with Crippen molar-refractivity contribution in [2.45, 2.75) is 65.6 Å². The average molecular weight is 380 g/mol. The largest absolute Gasteiger partial charge is 0.416 e. The summed E-state index contributed by atoms with van der Waals surface area (Å²) in [6.45, 7) is 6.80. The number of rotatable bonds is 8. The molecule has 0 radical (unpaired) electrons. The first-order valence-electron chi connectivity index (χ1n) is 9.41. The molecule has 6 heteroatoms. The lowest BCUT2D eigenvalue weighted by Crippen LogP contribution is -2.13. The fourth-order valence-electron chi connectivity index (χ4n) is 3.46. The highest BCUT2D eigenvalue weighted by Gasteiger charge is 2.31. The van der Waals surface area contributed by atoms with E-state index in [2.05, 4.69) is 18.4 Å². The van der Waals surface area contributed by atoms with Crippen molar-refractivity contribution in [3.63, 3.8) is 0 Å². The molecule has 0 saturated carbocycles. The fourth-order valence-corrected chi connectivity index (χ4v) is 3.46. The van der Waals surface area contributed by atoms with Crippen LogP contribution < -0.4 is 5.73 Å². The summed E-state index contributed by atoms with van der Waals surface area (Å²) in [5.41, 5.74) is 8.42. The van der Waals surface area contributed by atoms with Gasteiger partial charge in [0.15, 0.2) is 0 Å². The van der Waals surface area contributed by atoms with Crippen molar-refractivity contribution in [1.82, 2.24) is 4.57 Å². The minimum Gasteiger partial charge on any atom is -0.366 e. The normalized spacial score (nSPS) is 11.8. The van der Waals surface area contributed by atoms with Gasteiger partial charge in [0.2, 0.25) is 0 Å². The van der Waals surface area contributed by atoms with Crippen LogP contribution in [-0.4, -0.2) is 10.5 Å². The molecule has 3 nitrogen and oxygen atoms in total. The van der Waals surface area contributed by atoms with E-state index in [0.717, 1.165) is 62.2 Å². The van der Waals surface area contributed by atoms with Gasteiger partial charge in [-0.1, -0.05) is 38.8 Å². The molecular formula is C21H27F3N2O. The van der Waals surface area contributed by atoms with Crippen molar-refractivity contribution in [3.8, 4) is 11.1 Å². The fraction of sp³-hybridized carbons (Fsp3) is 0.476. The number of aromatic nitrogens is 1. The Morgan fingerprint density at radius 2 is 1.67 bits per heavy atom. The Hall–Kier alpha value is -2.24. The first kappa shape index (κ1) is 21.1. The maximum Gasteiger partial charge on any atom is 0.416 e. The number of halogens is 3. The van der Waals surface area contributed by atoms with Gasteiger partial charge in [0, 0.05) is 23.5 Å². The number of carbonyl (C=O) groups excluding carboxylic acids is 1. The van der Waals surface area contributed by atoms with Gasteiger partial charge in [-0.2, -0.15) is 13.2 Å². The molecule has 2 N–H and O–H groups in total. The van der Waals surface area contributed by atoms with Crippen LogP contribution in [0.25, 0.3) is 11.1 Å². The van der Waals surface area contributed by atoms with Gasteiger partial charge in [0.1, 0.15) is 0 Å². The molecule has 0 bridgehead atoms. The number of alkyl halides is 3. The maximum atomic E-state index is 12.9. The summed E-state index contributed by atoms with van der Waals surface area (Å²) in [7, 11) is 0. The summed E-state index contributed by atoms with van der Waals surface area (Å²) >= 11 is 0. The van der Waals surface area contributed by atoms with Crippen molar-refractivity contribution in [3.05, 3.63) is 46.8 Å². The van der Waals surface area contributed by atoms with E-state index in [1.807, 2.05) is 6.92 Å². The molecule has 1 amide bonds. The van der Waals surface area contributed by atoms with Crippen molar-refractivity contribution < 1.29 is 18.0 Å². The monoisotopic (exact) mass is 380 g/mol. The SMILES string of the molecule is CCCCc1c(-c2ccc(C(F)(F)F)cc2)c(C(N)=O)c(C)n1CCCC. The second-order valence-corrected chi connectivity index (χ2v) is 6.83. The molecule has 0 unspecified atom stereocenters. The topological polar surface area (TPSA) is 48.0 Å². The number of hydrogen-bond acceptors (Lipinski definition) is 1. The molecule has 0 aliphatic carbocycles. The van der Waals surface area contributed by atoms with Crippen LogP contribution in [0.15, 0.2) is 24.3 Å². The van der Waals surface area contributed by atoms with E-state index in [1.54, 1.807) is 0 Å². The van der Waals surface area contributed by atoms with E-state index in [4.69, 9.17) is 5.73 Å². The zero-order chi connectivity index (χ0) is 20.2. The number of nitrogens with zero attached hydrogens (tertiary/aromatic N) is 1. The summed E-state index contributed by atoms with van der Waals surface area (Å²) in [5, 5.41) is 0. The lowest BCUT2D eigenvalue weighted by atomic mass is 9.96. The third-order valence-corrected chi connectivity index (χ3v) is 4.88. The predicted octanol–water partition coefficient (Wildman–Crippen LogP) is 5.72. The number of carbonyl (C=O) groups is 1. The summed E-state index contributed by atoms with van der Waals surface area (Å²) in [5.74, 6) is -0.546. The Morgan fingerprint density at radius 1 is 1.07 bits per heavy atom. The molecule has 148 valence electrons. The molecule has 0 atom stereocenters. The zero-order valence-electron chi connectivity index (χ0n) is 16.1. The summed E-state index contributed by atoms with van der Waals surface area (Å²) in [6.07, 6.45) is 0.243. The Labute approximate surface area is 158 Å². The third kappa shape index (κ3) is 4.54. The molecule has 2 aromatic rings. The van der Waals surface area contributed by atoms with E-state index in [1.165, 1.54) is 12.1 Å². The van der Waals surface area contributed by atoms with Gasteiger partial charge >= 0.3 is 6.18 Å². The smallest absolute Gasteiger partial charge is 0.366 e. The molecule has 2 rings (SSSR count). The zero-order valence-corrected chi connectivity index (χ0v) is 16.1. The minimum absolute atomic E-state index is 0.414. The number of unbranched alkanes of at least 4 members (excludes halogenated alkanes) is 2. The van der Waals surface area contributed by atoms with Crippen LogP contribution in [0.4, 0.5) is 13.2 Å². The molecule has 1 aromatic carbocycles. The highest BCUT2D eigenvalue weighted by atomic mass is 19.4. The number of hydrogen-bond donors (Lipinski definition) is 1. The van der Waals surface area contributed by atoms with Crippen LogP contribution in [0.1, 0.15) is 66.8 Å². The van der Waals surface area contributed by atoms with E-state index < -0.39 is 17.6 Å². The first-order valence-corrected chi connectivity index (χ1v) is 9.41. The Kier molecular flexibility index (Phi) is 6.73. The van der Waals surface area contributed by atoms with Crippen LogP contribution in [0.3, 0.4) is 0 Å². The molecule has 1 aromatic heterocycles. The highest BCUT2D eigenvalue weighted by Crippen LogP contribution is 2.36.